The average Bonchev–Trinajstić information content (AvgIpc) is 2.56. The summed E-state index contributed by atoms with van der Waals surface area (Å²) in [6, 6.07) is 6.20. The monoisotopic (exact) mass is 268 g/mol. The zero-order chi connectivity index (χ0) is 10.8. The zero-order valence-electron chi connectivity index (χ0n) is 7.99. The zero-order valence-corrected chi connectivity index (χ0v) is 9.58. The summed E-state index contributed by atoms with van der Waals surface area (Å²) >= 11 is 3.43. The predicted octanol–water partition coefficient (Wildman–Crippen LogP) is 2.47. The van der Waals surface area contributed by atoms with E-state index in [0.717, 1.165) is 15.7 Å². The smallest absolute Gasteiger partial charge is 0.321 e. The van der Waals surface area contributed by atoms with E-state index in [2.05, 4.69) is 31.4 Å². The van der Waals surface area contributed by atoms with Crippen LogP contribution < -0.4 is 11.1 Å². The molecule has 0 aliphatic heterocycles. The van der Waals surface area contributed by atoms with E-state index >= 15 is 0 Å². The summed E-state index contributed by atoms with van der Waals surface area (Å²) in [4.78, 5) is 0. The van der Waals surface area contributed by atoms with Crippen molar-refractivity contribution in [3.8, 4) is 0 Å². The normalized spacial score (nSPS) is 10.3. The van der Waals surface area contributed by atoms with E-state index in [0.29, 0.717) is 0 Å². The Morgan fingerprint density at radius 3 is 2.80 bits per heavy atom. The van der Waals surface area contributed by atoms with Crippen LogP contribution in [0.5, 0.6) is 0 Å². The van der Waals surface area contributed by atoms with Gasteiger partial charge in [-0.15, -0.1) is 0 Å². The highest BCUT2D eigenvalue weighted by Gasteiger charge is 2.05. The number of anilines is 3. The summed E-state index contributed by atoms with van der Waals surface area (Å²) in [7, 11) is 0. The van der Waals surface area contributed by atoms with Gasteiger partial charge in [-0.1, -0.05) is 16.3 Å². The molecule has 6 heteroatoms. The Morgan fingerprint density at radius 1 is 1.40 bits per heavy atom. The number of aromatic nitrogens is 2. The number of nitrogen functional groups attached to an aromatic ring is 1. The number of hydrogen-bond acceptors (Lipinski definition) is 5. The summed E-state index contributed by atoms with van der Waals surface area (Å²) in [6.07, 6.45) is 0. The number of halogens is 1. The quantitative estimate of drug-likeness (QED) is 0.875. The molecule has 0 aliphatic carbocycles. The molecular formula is C9H9BrN4O. The summed E-state index contributed by atoms with van der Waals surface area (Å²) < 4.78 is 5.93. The molecule has 5 nitrogen and oxygen atoms in total. The van der Waals surface area contributed by atoms with Gasteiger partial charge in [0.1, 0.15) is 0 Å². The molecule has 1 aromatic carbocycles. The molecule has 0 saturated heterocycles. The van der Waals surface area contributed by atoms with Crippen molar-refractivity contribution in [2.75, 3.05) is 11.1 Å². The first-order valence-corrected chi connectivity index (χ1v) is 5.06. The number of benzene rings is 1. The van der Waals surface area contributed by atoms with Crippen LogP contribution in [0.3, 0.4) is 0 Å². The third-order valence-electron chi connectivity index (χ3n) is 1.81. The molecule has 0 unspecified atom stereocenters. The minimum atomic E-state index is 0.0423. The van der Waals surface area contributed by atoms with Gasteiger partial charge in [0, 0.05) is 4.47 Å². The molecule has 1 aromatic heterocycles. The van der Waals surface area contributed by atoms with Crippen LogP contribution >= 0.6 is 15.9 Å². The molecule has 78 valence electrons. The van der Waals surface area contributed by atoms with E-state index in [1.54, 1.807) is 0 Å². The van der Waals surface area contributed by atoms with Gasteiger partial charge in [0.2, 0.25) is 0 Å². The number of nitrogens with two attached hydrogens (primary N) is 1. The first kappa shape index (κ1) is 9.97. The molecule has 0 radical (unpaired) electrons. The molecule has 0 saturated carbocycles. The molecule has 1 heterocycles. The second-order valence-corrected chi connectivity index (χ2v) is 3.91. The second kappa shape index (κ2) is 3.90. The van der Waals surface area contributed by atoms with Crippen LogP contribution in [-0.4, -0.2) is 10.2 Å². The van der Waals surface area contributed by atoms with Crippen molar-refractivity contribution in [1.29, 1.82) is 0 Å². The van der Waals surface area contributed by atoms with Gasteiger partial charge in [0.05, 0.1) is 5.69 Å². The van der Waals surface area contributed by atoms with E-state index in [-0.39, 0.29) is 12.0 Å². The predicted molar refractivity (Wildman–Crippen MR) is 60.9 cm³/mol. The third kappa shape index (κ3) is 2.27. The van der Waals surface area contributed by atoms with Gasteiger partial charge in [0.25, 0.3) is 0 Å². The van der Waals surface area contributed by atoms with E-state index < -0.39 is 0 Å². The summed E-state index contributed by atoms with van der Waals surface area (Å²) in [5.41, 5.74) is 7.32. The molecule has 0 aliphatic rings. The van der Waals surface area contributed by atoms with Crippen molar-refractivity contribution in [3.63, 3.8) is 0 Å². The maximum atomic E-state index is 5.30. The van der Waals surface area contributed by atoms with Crippen molar-refractivity contribution in [1.82, 2.24) is 10.2 Å². The van der Waals surface area contributed by atoms with Crippen molar-refractivity contribution in [2.24, 2.45) is 0 Å². The van der Waals surface area contributed by atoms with Crippen molar-refractivity contribution in [2.45, 2.75) is 6.92 Å². The Hall–Kier alpha value is -1.56. The van der Waals surface area contributed by atoms with Gasteiger partial charge < -0.3 is 15.5 Å². The SMILES string of the molecule is Cc1ccc(Nc2nnc(N)o2)c(Br)c1. The van der Waals surface area contributed by atoms with Crippen molar-refractivity contribution in [3.05, 3.63) is 28.2 Å². The minimum absolute atomic E-state index is 0.0423. The van der Waals surface area contributed by atoms with Gasteiger partial charge in [-0.2, -0.15) is 0 Å². The lowest BCUT2D eigenvalue weighted by Gasteiger charge is -2.04. The van der Waals surface area contributed by atoms with Crippen LogP contribution in [0.1, 0.15) is 5.56 Å². The van der Waals surface area contributed by atoms with Crippen LogP contribution in [0.25, 0.3) is 0 Å². The Kier molecular flexibility index (Phi) is 2.59. The second-order valence-electron chi connectivity index (χ2n) is 3.05. The molecule has 0 amide bonds. The molecule has 0 fully saturated rings. The molecule has 0 atom stereocenters. The largest absolute Gasteiger partial charge is 0.389 e. The summed E-state index contributed by atoms with van der Waals surface area (Å²) in [5, 5.41) is 10.2. The maximum absolute atomic E-state index is 5.30. The first-order valence-electron chi connectivity index (χ1n) is 4.27. The van der Waals surface area contributed by atoms with Crippen LogP contribution in [0.2, 0.25) is 0 Å². The molecule has 3 N–H and O–H groups in total. The number of aryl methyl sites for hydroxylation is 1. The lowest BCUT2D eigenvalue weighted by molar-refractivity contribution is 0.593. The standard InChI is InChI=1S/C9H9BrN4O/c1-5-2-3-7(6(10)4-5)12-9-14-13-8(11)15-9/h2-4H,1H3,(H2,11,13)(H,12,14). The molecule has 0 spiro atoms. The fourth-order valence-electron chi connectivity index (χ4n) is 1.12. The number of nitrogens with one attached hydrogen (secondary N) is 1. The topological polar surface area (TPSA) is 77.0 Å². The van der Waals surface area contributed by atoms with E-state index in [1.165, 1.54) is 0 Å². The van der Waals surface area contributed by atoms with Gasteiger partial charge in [-0.3, -0.25) is 0 Å². The Morgan fingerprint density at radius 2 is 2.20 bits per heavy atom. The van der Waals surface area contributed by atoms with Gasteiger partial charge >= 0.3 is 12.0 Å². The fourth-order valence-corrected chi connectivity index (χ4v) is 1.71. The van der Waals surface area contributed by atoms with Crippen molar-refractivity contribution < 1.29 is 4.42 Å². The lowest BCUT2D eigenvalue weighted by atomic mass is 10.2. The van der Waals surface area contributed by atoms with E-state index in [1.807, 2.05) is 25.1 Å². The van der Waals surface area contributed by atoms with Gasteiger partial charge in [-0.05, 0) is 40.5 Å². The minimum Gasteiger partial charge on any atom is -0.389 e. The van der Waals surface area contributed by atoms with Crippen LogP contribution in [-0.2, 0) is 0 Å². The fraction of sp³-hybridized carbons (Fsp3) is 0.111. The summed E-state index contributed by atoms with van der Waals surface area (Å²) in [6.45, 7) is 2.01. The summed E-state index contributed by atoms with van der Waals surface area (Å²) in [5.74, 6) is 0. The van der Waals surface area contributed by atoms with Gasteiger partial charge in [0.15, 0.2) is 0 Å². The highest BCUT2D eigenvalue weighted by atomic mass is 79.9. The van der Waals surface area contributed by atoms with E-state index in [9.17, 15) is 0 Å². The number of nitrogens with zero attached hydrogens (tertiary/aromatic N) is 2. The molecule has 2 aromatic rings. The first-order chi connectivity index (χ1) is 7.15. The van der Waals surface area contributed by atoms with Crippen molar-refractivity contribution >= 4 is 33.6 Å². The average molecular weight is 269 g/mol. The Bertz CT molecular complexity index is 483. The van der Waals surface area contributed by atoms with Crippen LogP contribution in [0, 0.1) is 6.92 Å². The molecular weight excluding hydrogens is 260 g/mol. The van der Waals surface area contributed by atoms with Gasteiger partial charge in [-0.25, -0.2) is 0 Å². The van der Waals surface area contributed by atoms with Crippen LogP contribution in [0.4, 0.5) is 17.7 Å². The molecule has 2 rings (SSSR count). The Labute approximate surface area is 94.8 Å². The molecule has 15 heavy (non-hydrogen) atoms. The number of hydrogen-bond donors (Lipinski definition) is 2. The third-order valence-corrected chi connectivity index (χ3v) is 2.46. The number of rotatable bonds is 2. The maximum Gasteiger partial charge on any atom is 0.321 e. The van der Waals surface area contributed by atoms with E-state index in [4.69, 9.17) is 10.2 Å². The highest BCUT2D eigenvalue weighted by molar-refractivity contribution is 9.10. The molecule has 0 bridgehead atoms. The highest BCUT2D eigenvalue weighted by Crippen LogP contribution is 2.26. The lowest BCUT2D eigenvalue weighted by Crippen LogP contribution is -1.91. The Balaban J connectivity index is 2.24. The van der Waals surface area contributed by atoms with Crippen LogP contribution in [0.15, 0.2) is 27.1 Å².